The van der Waals surface area contributed by atoms with E-state index < -0.39 is 18.6 Å². The van der Waals surface area contributed by atoms with Gasteiger partial charge in [-0.25, -0.2) is 0 Å². The summed E-state index contributed by atoms with van der Waals surface area (Å²) >= 11 is 0. The van der Waals surface area contributed by atoms with Crippen molar-refractivity contribution < 1.29 is 23.1 Å². The molecule has 0 aliphatic carbocycles. The second-order valence-corrected chi connectivity index (χ2v) is 2.81. The predicted molar refractivity (Wildman–Crippen MR) is 40.4 cm³/mol. The summed E-state index contributed by atoms with van der Waals surface area (Å²) in [4.78, 5) is 11.4. The number of hydrogen-bond donors (Lipinski definition) is 1. The van der Waals surface area contributed by atoms with Gasteiger partial charge in [-0.1, -0.05) is 0 Å². The van der Waals surface area contributed by atoms with Gasteiger partial charge in [-0.2, -0.15) is 13.2 Å². The molecule has 0 aromatic rings. The normalized spacial score (nSPS) is 12.1. The fourth-order valence-electron chi connectivity index (χ4n) is 0.716. The summed E-state index contributed by atoms with van der Waals surface area (Å²) in [5.74, 6) is -1.00. The van der Waals surface area contributed by atoms with Crippen LogP contribution in [0.15, 0.2) is 0 Å². The molecule has 0 bridgehead atoms. The molecule has 0 fully saturated rings. The first kappa shape index (κ1) is 12.2. The highest BCUT2D eigenvalue weighted by atomic mass is 19.4. The molecular weight excluding hydrogens is 187 g/mol. The Balaban J connectivity index is 3.52. The van der Waals surface area contributed by atoms with Crippen molar-refractivity contribution >= 4 is 5.97 Å². The molecule has 0 rings (SSSR count). The van der Waals surface area contributed by atoms with E-state index in [0.29, 0.717) is 0 Å². The summed E-state index contributed by atoms with van der Waals surface area (Å²) in [6, 6.07) is 0. The van der Waals surface area contributed by atoms with Crippen molar-refractivity contribution in [3.8, 4) is 0 Å². The van der Waals surface area contributed by atoms with Gasteiger partial charge in [0.05, 0.1) is 12.8 Å². The minimum Gasteiger partial charge on any atom is -0.481 e. The van der Waals surface area contributed by atoms with E-state index in [1.807, 2.05) is 0 Å². The van der Waals surface area contributed by atoms with Crippen molar-refractivity contribution in [2.45, 2.75) is 19.0 Å². The van der Waals surface area contributed by atoms with Crippen LogP contribution in [0.4, 0.5) is 13.2 Å². The molecule has 3 nitrogen and oxygen atoms in total. The van der Waals surface area contributed by atoms with Crippen LogP contribution in [0.3, 0.4) is 0 Å². The van der Waals surface area contributed by atoms with Gasteiger partial charge in [0.1, 0.15) is 0 Å². The van der Waals surface area contributed by atoms with Crippen molar-refractivity contribution in [2.24, 2.45) is 0 Å². The lowest BCUT2D eigenvalue weighted by Gasteiger charge is -2.16. The van der Waals surface area contributed by atoms with Crippen LogP contribution in [-0.4, -0.2) is 42.3 Å². The second-order valence-electron chi connectivity index (χ2n) is 2.81. The van der Waals surface area contributed by atoms with Gasteiger partial charge in [-0.15, -0.1) is 0 Å². The van der Waals surface area contributed by atoms with Crippen LogP contribution >= 0.6 is 0 Å². The molecule has 0 unspecified atom stereocenters. The molecule has 0 spiro atoms. The first-order valence-corrected chi connectivity index (χ1v) is 3.78. The Kier molecular flexibility index (Phi) is 4.76. The first-order chi connectivity index (χ1) is 5.81. The largest absolute Gasteiger partial charge is 0.481 e. The zero-order valence-corrected chi connectivity index (χ0v) is 7.26. The van der Waals surface area contributed by atoms with E-state index in [1.54, 1.807) is 0 Å². The molecule has 1 N–H and O–H groups in total. The van der Waals surface area contributed by atoms with Gasteiger partial charge in [-0.05, 0) is 7.05 Å². The van der Waals surface area contributed by atoms with Crippen LogP contribution in [0.2, 0.25) is 0 Å². The fraction of sp³-hybridized carbons (Fsp3) is 0.857. The van der Waals surface area contributed by atoms with E-state index in [2.05, 4.69) is 0 Å². The van der Waals surface area contributed by atoms with E-state index >= 15 is 0 Å². The highest BCUT2D eigenvalue weighted by Gasteiger charge is 2.26. The highest BCUT2D eigenvalue weighted by Crippen LogP contribution is 2.19. The molecule has 0 atom stereocenters. The zero-order chi connectivity index (χ0) is 10.5. The molecule has 0 saturated carbocycles. The maximum absolute atomic E-state index is 11.7. The maximum atomic E-state index is 11.7. The van der Waals surface area contributed by atoms with Crippen LogP contribution in [0.5, 0.6) is 0 Å². The molecule has 13 heavy (non-hydrogen) atoms. The number of halogens is 3. The van der Waals surface area contributed by atoms with E-state index in [4.69, 9.17) is 5.11 Å². The molecule has 0 radical (unpaired) electrons. The molecule has 0 aliphatic heterocycles. The van der Waals surface area contributed by atoms with E-state index in [-0.39, 0.29) is 19.5 Å². The van der Waals surface area contributed by atoms with Crippen LogP contribution in [0, 0.1) is 0 Å². The lowest BCUT2D eigenvalue weighted by Crippen LogP contribution is -2.26. The van der Waals surface area contributed by atoms with Gasteiger partial charge in [0, 0.05) is 13.1 Å². The van der Waals surface area contributed by atoms with Gasteiger partial charge in [-0.3, -0.25) is 4.79 Å². The number of nitrogens with zero attached hydrogens (tertiary/aromatic N) is 1. The quantitative estimate of drug-likeness (QED) is 0.726. The van der Waals surface area contributed by atoms with E-state index in [9.17, 15) is 18.0 Å². The number of carboxylic acids is 1. The number of carbonyl (C=O) groups is 1. The molecule has 6 heteroatoms. The monoisotopic (exact) mass is 199 g/mol. The third-order valence-electron chi connectivity index (χ3n) is 1.48. The van der Waals surface area contributed by atoms with Gasteiger partial charge >= 0.3 is 12.1 Å². The van der Waals surface area contributed by atoms with Crippen LogP contribution in [0.25, 0.3) is 0 Å². The first-order valence-electron chi connectivity index (χ1n) is 3.78. The summed E-state index contributed by atoms with van der Waals surface area (Å²) in [6.45, 7) is -0.0117. The van der Waals surface area contributed by atoms with E-state index in [1.165, 1.54) is 11.9 Å². The zero-order valence-electron chi connectivity index (χ0n) is 7.26. The molecule has 0 saturated heterocycles. The fourth-order valence-corrected chi connectivity index (χ4v) is 0.716. The van der Waals surface area contributed by atoms with Crippen LogP contribution in [-0.2, 0) is 4.79 Å². The van der Waals surface area contributed by atoms with Gasteiger partial charge in [0.2, 0.25) is 0 Å². The Morgan fingerprint density at radius 2 is 1.92 bits per heavy atom. The van der Waals surface area contributed by atoms with Crippen LogP contribution < -0.4 is 0 Å². The Morgan fingerprint density at radius 1 is 1.38 bits per heavy atom. The van der Waals surface area contributed by atoms with Gasteiger partial charge in [0.25, 0.3) is 0 Å². The topological polar surface area (TPSA) is 40.5 Å². The lowest BCUT2D eigenvalue weighted by molar-refractivity contribution is -0.139. The molecule has 78 valence electrons. The number of rotatable bonds is 5. The number of hydrogen-bond acceptors (Lipinski definition) is 2. The Labute approximate surface area is 74.1 Å². The Morgan fingerprint density at radius 3 is 2.31 bits per heavy atom. The van der Waals surface area contributed by atoms with Crippen molar-refractivity contribution in [1.29, 1.82) is 0 Å². The van der Waals surface area contributed by atoms with Crippen molar-refractivity contribution in [1.82, 2.24) is 4.90 Å². The molecule has 0 aromatic carbocycles. The number of aliphatic carboxylic acids is 1. The van der Waals surface area contributed by atoms with Gasteiger partial charge < -0.3 is 10.0 Å². The average molecular weight is 199 g/mol. The second kappa shape index (κ2) is 5.06. The summed E-state index contributed by atoms with van der Waals surface area (Å²) in [6.07, 6.45) is -5.20. The summed E-state index contributed by atoms with van der Waals surface area (Å²) in [5.41, 5.74) is 0. The molecular formula is C7H12F3NO2. The number of carboxylic acid groups (broad SMARTS) is 1. The minimum absolute atomic E-state index is 0.131. The Hall–Kier alpha value is -0.780. The number of alkyl halides is 3. The molecule has 0 aromatic heterocycles. The molecule has 0 heterocycles. The Bertz CT molecular complexity index is 170. The standard InChI is InChI=1S/C7H12F3NO2/c1-11(4-2-6(12)13)5-3-7(8,9)10/h2-5H2,1H3,(H,12,13). The van der Waals surface area contributed by atoms with Crippen molar-refractivity contribution in [3.63, 3.8) is 0 Å². The predicted octanol–water partition coefficient (Wildman–Crippen LogP) is 1.35. The summed E-state index contributed by atoms with van der Waals surface area (Å²) in [5, 5.41) is 8.24. The summed E-state index contributed by atoms with van der Waals surface area (Å²) in [7, 11) is 1.47. The SMILES string of the molecule is CN(CCC(=O)O)CCC(F)(F)F. The molecule has 0 aliphatic rings. The lowest BCUT2D eigenvalue weighted by atomic mass is 10.3. The van der Waals surface area contributed by atoms with Crippen molar-refractivity contribution in [3.05, 3.63) is 0 Å². The van der Waals surface area contributed by atoms with E-state index in [0.717, 1.165) is 0 Å². The minimum atomic E-state index is -4.17. The third-order valence-corrected chi connectivity index (χ3v) is 1.48. The van der Waals surface area contributed by atoms with Crippen molar-refractivity contribution in [2.75, 3.05) is 20.1 Å². The smallest absolute Gasteiger partial charge is 0.390 e. The summed E-state index contributed by atoms with van der Waals surface area (Å²) < 4.78 is 35.0. The maximum Gasteiger partial charge on any atom is 0.390 e. The van der Waals surface area contributed by atoms with Crippen LogP contribution in [0.1, 0.15) is 12.8 Å². The molecule has 0 amide bonds. The van der Waals surface area contributed by atoms with Gasteiger partial charge in [0.15, 0.2) is 0 Å². The average Bonchev–Trinajstić information content (AvgIpc) is 1.95. The third kappa shape index (κ3) is 9.13. The highest BCUT2D eigenvalue weighted by molar-refractivity contribution is 5.66.